The van der Waals surface area contributed by atoms with E-state index in [2.05, 4.69) is 16.8 Å². The molecule has 0 aliphatic carbocycles. The number of aryl methyl sites for hydroxylation is 2. The van der Waals surface area contributed by atoms with Gasteiger partial charge in [-0.25, -0.2) is 4.98 Å². The zero-order valence-electron chi connectivity index (χ0n) is 14.4. The van der Waals surface area contributed by atoms with Crippen LogP contribution in [-0.4, -0.2) is 42.0 Å². The van der Waals surface area contributed by atoms with E-state index in [1.165, 1.54) is 4.88 Å². The fourth-order valence-electron chi connectivity index (χ4n) is 2.75. The van der Waals surface area contributed by atoms with Gasteiger partial charge in [-0.3, -0.25) is 4.79 Å². The Morgan fingerprint density at radius 1 is 1.24 bits per heavy atom. The average Bonchev–Trinajstić information content (AvgIpc) is 3.06. The minimum atomic E-state index is 0. The second-order valence-electron chi connectivity index (χ2n) is 5.82. The van der Waals surface area contributed by atoms with Crippen molar-refractivity contribution >= 4 is 52.9 Å². The maximum absolute atomic E-state index is 12.7. The van der Waals surface area contributed by atoms with Gasteiger partial charge in [-0.2, -0.15) is 0 Å². The summed E-state index contributed by atoms with van der Waals surface area (Å²) >= 11 is 1.74. The summed E-state index contributed by atoms with van der Waals surface area (Å²) in [6.07, 6.45) is 2.97. The summed E-state index contributed by atoms with van der Waals surface area (Å²) in [5.74, 6) is 0.0721. The first-order valence-electron chi connectivity index (χ1n) is 7.93. The Labute approximate surface area is 165 Å². The number of carbonyl (C=O) groups is 1. The number of nitrogens with zero attached hydrogens (tertiary/aromatic N) is 3. The van der Waals surface area contributed by atoms with E-state index >= 15 is 0 Å². The number of nitrogen functional groups attached to an aromatic ring is 1. The van der Waals surface area contributed by atoms with E-state index in [0.29, 0.717) is 24.3 Å². The van der Waals surface area contributed by atoms with E-state index in [1.807, 2.05) is 30.2 Å². The third-order valence-electron chi connectivity index (χ3n) is 4.22. The van der Waals surface area contributed by atoms with Crippen LogP contribution < -0.4 is 10.6 Å². The quantitative estimate of drug-likeness (QED) is 0.798. The molecule has 1 aromatic carbocycles. The van der Waals surface area contributed by atoms with Crippen molar-refractivity contribution in [2.24, 2.45) is 0 Å². The van der Waals surface area contributed by atoms with Gasteiger partial charge in [0, 0.05) is 48.5 Å². The Morgan fingerprint density at radius 2 is 1.92 bits per heavy atom. The molecule has 138 valence electrons. The van der Waals surface area contributed by atoms with E-state index in [0.717, 1.165) is 30.2 Å². The summed E-state index contributed by atoms with van der Waals surface area (Å²) < 4.78 is 0. The number of thiazole rings is 1. The molecule has 1 aromatic heterocycles. The topological polar surface area (TPSA) is 62.5 Å². The molecule has 1 amide bonds. The second kappa shape index (κ2) is 9.27. The van der Waals surface area contributed by atoms with Gasteiger partial charge in [0.15, 0.2) is 5.13 Å². The summed E-state index contributed by atoms with van der Waals surface area (Å²) in [5.41, 5.74) is 8.14. The van der Waals surface area contributed by atoms with Crippen LogP contribution in [0.4, 0.5) is 10.8 Å². The standard InChI is InChI=1S/C17H22N4OS.2ClH/c1-3-14-11-19-17(23-14)21-8-6-20(7-9-21)16(22)15-10-13(18)5-4-12(15)2;;/h4-5,10-11H,3,6-9,18H2,1-2H3;2*1H. The molecule has 2 N–H and O–H groups in total. The van der Waals surface area contributed by atoms with Crippen molar-refractivity contribution in [3.05, 3.63) is 40.4 Å². The van der Waals surface area contributed by atoms with Crippen molar-refractivity contribution in [3.63, 3.8) is 0 Å². The molecule has 1 aliphatic heterocycles. The Kier molecular flexibility index (Phi) is 7.99. The Bertz CT molecular complexity index is 714. The number of carbonyl (C=O) groups excluding carboxylic acids is 1. The van der Waals surface area contributed by atoms with Gasteiger partial charge < -0.3 is 15.5 Å². The molecule has 0 unspecified atom stereocenters. The number of halogens is 2. The Hall–Kier alpha value is -1.50. The molecule has 1 fully saturated rings. The number of piperazine rings is 1. The minimum absolute atomic E-state index is 0. The lowest BCUT2D eigenvalue weighted by Crippen LogP contribution is -2.48. The number of benzene rings is 1. The van der Waals surface area contributed by atoms with Gasteiger partial charge in [0.05, 0.1) is 0 Å². The van der Waals surface area contributed by atoms with Gasteiger partial charge >= 0.3 is 0 Å². The zero-order chi connectivity index (χ0) is 16.4. The molecular formula is C17H24Cl2N4OS. The highest BCUT2D eigenvalue weighted by atomic mass is 35.5. The van der Waals surface area contributed by atoms with Crippen molar-refractivity contribution in [1.82, 2.24) is 9.88 Å². The minimum Gasteiger partial charge on any atom is -0.399 e. The first kappa shape index (κ1) is 21.5. The van der Waals surface area contributed by atoms with Gasteiger partial charge in [-0.15, -0.1) is 36.2 Å². The lowest BCUT2D eigenvalue weighted by atomic mass is 10.1. The van der Waals surface area contributed by atoms with E-state index in [9.17, 15) is 4.79 Å². The van der Waals surface area contributed by atoms with Gasteiger partial charge in [0.2, 0.25) is 0 Å². The van der Waals surface area contributed by atoms with E-state index in [1.54, 1.807) is 17.4 Å². The molecule has 1 aliphatic rings. The van der Waals surface area contributed by atoms with Crippen molar-refractivity contribution in [2.75, 3.05) is 36.8 Å². The van der Waals surface area contributed by atoms with Crippen molar-refractivity contribution < 1.29 is 4.79 Å². The van der Waals surface area contributed by atoms with Crippen LogP contribution in [0.3, 0.4) is 0 Å². The summed E-state index contributed by atoms with van der Waals surface area (Å²) in [5, 5.41) is 1.06. The van der Waals surface area contributed by atoms with E-state index in [4.69, 9.17) is 5.73 Å². The van der Waals surface area contributed by atoms with E-state index in [-0.39, 0.29) is 30.7 Å². The number of anilines is 2. The number of hydrogen-bond acceptors (Lipinski definition) is 5. The molecule has 2 aromatic rings. The predicted molar refractivity (Wildman–Crippen MR) is 110 cm³/mol. The van der Waals surface area contributed by atoms with Crippen LogP contribution in [0.5, 0.6) is 0 Å². The molecular weight excluding hydrogens is 379 g/mol. The molecule has 8 heteroatoms. The molecule has 0 atom stereocenters. The zero-order valence-corrected chi connectivity index (χ0v) is 16.8. The number of amides is 1. The molecule has 2 heterocycles. The first-order valence-corrected chi connectivity index (χ1v) is 8.75. The van der Waals surface area contributed by atoms with Gasteiger partial charge in [0.1, 0.15) is 0 Å². The number of rotatable bonds is 3. The van der Waals surface area contributed by atoms with Crippen LogP contribution >= 0.6 is 36.2 Å². The predicted octanol–water partition coefficient (Wildman–Crippen LogP) is 3.40. The largest absolute Gasteiger partial charge is 0.399 e. The van der Waals surface area contributed by atoms with Crippen LogP contribution in [0, 0.1) is 6.92 Å². The SMILES string of the molecule is CCc1cnc(N2CCN(C(=O)c3cc(N)ccc3C)CC2)s1.Cl.Cl. The third-order valence-corrected chi connectivity index (χ3v) is 5.42. The van der Waals surface area contributed by atoms with Gasteiger partial charge in [0.25, 0.3) is 5.91 Å². The molecule has 3 rings (SSSR count). The van der Waals surface area contributed by atoms with Crippen molar-refractivity contribution in [2.45, 2.75) is 20.3 Å². The molecule has 0 spiro atoms. The Morgan fingerprint density at radius 3 is 2.52 bits per heavy atom. The van der Waals surface area contributed by atoms with Crippen LogP contribution in [0.1, 0.15) is 27.7 Å². The smallest absolute Gasteiger partial charge is 0.254 e. The molecule has 25 heavy (non-hydrogen) atoms. The van der Waals surface area contributed by atoms with Crippen LogP contribution in [0.2, 0.25) is 0 Å². The number of nitrogens with two attached hydrogens (primary N) is 1. The maximum atomic E-state index is 12.7. The molecule has 5 nitrogen and oxygen atoms in total. The van der Waals surface area contributed by atoms with Crippen molar-refractivity contribution in [3.8, 4) is 0 Å². The molecule has 0 bridgehead atoms. The molecule has 0 saturated carbocycles. The average molecular weight is 403 g/mol. The van der Waals surface area contributed by atoms with E-state index < -0.39 is 0 Å². The Balaban J connectivity index is 0.00000156. The third kappa shape index (κ3) is 4.77. The maximum Gasteiger partial charge on any atom is 0.254 e. The fraction of sp³-hybridized carbons (Fsp3) is 0.412. The van der Waals surface area contributed by atoms with Crippen LogP contribution in [0.15, 0.2) is 24.4 Å². The molecule has 1 saturated heterocycles. The molecule has 0 radical (unpaired) electrons. The van der Waals surface area contributed by atoms with Crippen LogP contribution in [-0.2, 0) is 6.42 Å². The van der Waals surface area contributed by atoms with Crippen molar-refractivity contribution in [1.29, 1.82) is 0 Å². The second-order valence-corrected chi connectivity index (χ2v) is 6.91. The highest BCUT2D eigenvalue weighted by molar-refractivity contribution is 7.15. The lowest BCUT2D eigenvalue weighted by Gasteiger charge is -2.34. The van der Waals surface area contributed by atoms with Gasteiger partial charge in [-0.1, -0.05) is 13.0 Å². The first-order chi connectivity index (χ1) is 11.1. The summed E-state index contributed by atoms with van der Waals surface area (Å²) in [7, 11) is 0. The fourth-order valence-corrected chi connectivity index (χ4v) is 3.65. The highest BCUT2D eigenvalue weighted by Gasteiger charge is 2.24. The normalized spacial score (nSPS) is 13.8. The lowest BCUT2D eigenvalue weighted by molar-refractivity contribution is 0.0746. The highest BCUT2D eigenvalue weighted by Crippen LogP contribution is 2.24. The monoisotopic (exact) mass is 402 g/mol. The number of aromatic nitrogens is 1. The number of hydrogen-bond donors (Lipinski definition) is 1. The van der Waals surface area contributed by atoms with Crippen LogP contribution in [0.25, 0.3) is 0 Å². The summed E-state index contributed by atoms with van der Waals surface area (Å²) in [6.45, 7) is 7.17. The summed E-state index contributed by atoms with van der Waals surface area (Å²) in [4.78, 5) is 22.7. The van der Waals surface area contributed by atoms with Gasteiger partial charge in [-0.05, 0) is 31.0 Å². The summed E-state index contributed by atoms with van der Waals surface area (Å²) in [6, 6.07) is 5.51.